The van der Waals surface area contributed by atoms with E-state index in [4.69, 9.17) is 0 Å². The summed E-state index contributed by atoms with van der Waals surface area (Å²) in [4.78, 5) is 12.0. The highest BCUT2D eigenvalue weighted by atomic mass is 19.1. The number of allylic oxidation sites excluding steroid dienone is 1. The maximum absolute atomic E-state index is 13.2. The summed E-state index contributed by atoms with van der Waals surface area (Å²) in [7, 11) is 0. The number of carbonyl (C=O) groups is 1. The van der Waals surface area contributed by atoms with Crippen molar-refractivity contribution < 1.29 is 9.18 Å². The van der Waals surface area contributed by atoms with Crippen LogP contribution in [0, 0.1) is 11.7 Å². The van der Waals surface area contributed by atoms with Crippen molar-refractivity contribution in [2.24, 2.45) is 5.92 Å². The van der Waals surface area contributed by atoms with Gasteiger partial charge in [-0.15, -0.1) is 5.53 Å². The minimum atomic E-state index is -0.426. The second kappa shape index (κ2) is 8.55. The Morgan fingerprint density at radius 2 is 1.85 bits per heavy atom. The molecule has 27 heavy (non-hydrogen) atoms. The zero-order valence-electron chi connectivity index (χ0n) is 15.4. The number of carbonyl (C=O) groups excluding carboxylic acids is 1. The third-order valence-electron chi connectivity index (χ3n) is 4.10. The van der Waals surface area contributed by atoms with Crippen LogP contribution in [0.4, 0.5) is 26.2 Å². The monoisotopic (exact) mass is 369 g/mol. The first kappa shape index (κ1) is 18.7. The summed E-state index contributed by atoms with van der Waals surface area (Å²) in [5.41, 5.74) is 9.39. The second-order valence-electron chi connectivity index (χ2n) is 6.83. The Morgan fingerprint density at radius 3 is 2.56 bits per heavy atom. The number of anilines is 3. The van der Waals surface area contributed by atoms with Crippen LogP contribution in [-0.2, 0) is 0 Å². The molecule has 0 bridgehead atoms. The van der Waals surface area contributed by atoms with Gasteiger partial charge in [-0.25, -0.2) is 9.18 Å². The Kier molecular flexibility index (Phi) is 5.93. The molecule has 0 aliphatic carbocycles. The van der Waals surface area contributed by atoms with Gasteiger partial charge in [0.15, 0.2) is 0 Å². The van der Waals surface area contributed by atoms with Gasteiger partial charge >= 0.3 is 6.03 Å². The highest BCUT2D eigenvalue weighted by molar-refractivity contribution is 5.99. The maximum atomic E-state index is 13.2. The molecule has 0 aromatic heterocycles. The van der Waals surface area contributed by atoms with Crippen molar-refractivity contribution in [1.82, 2.24) is 11.0 Å². The minimum Gasteiger partial charge on any atom is -0.308 e. The number of urea groups is 1. The van der Waals surface area contributed by atoms with Crippen molar-refractivity contribution in [3.8, 4) is 0 Å². The van der Waals surface area contributed by atoms with Gasteiger partial charge in [-0.2, -0.15) is 0 Å². The van der Waals surface area contributed by atoms with Gasteiger partial charge in [0, 0.05) is 23.3 Å². The van der Waals surface area contributed by atoms with Gasteiger partial charge in [-0.3, -0.25) is 5.01 Å². The topological polar surface area (TPSA) is 68.4 Å². The van der Waals surface area contributed by atoms with E-state index in [9.17, 15) is 9.18 Å². The van der Waals surface area contributed by atoms with Gasteiger partial charge in [0.05, 0.1) is 5.69 Å². The lowest BCUT2D eigenvalue weighted by atomic mass is 10.1. The lowest BCUT2D eigenvalue weighted by Gasteiger charge is -2.15. The third kappa shape index (κ3) is 5.46. The number of amides is 2. The van der Waals surface area contributed by atoms with Crippen molar-refractivity contribution in [2.45, 2.75) is 26.7 Å². The Morgan fingerprint density at radius 1 is 1.11 bits per heavy atom. The quantitative estimate of drug-likeness (QED) is 0.602. The molecule has 0 saturated heterocycles. The summed E-state index contributed by atoms with van der Waals surface area (Å²) in [5.74, 6) is 0.260. The molecule has 0 saturated carbocycles. The molecule has 7 heteroatoms. The van der Waals surface area contributed by atoms with E-state index < -0.39 is 11.8 Å². The third-order valence-corrected chi connectivity index (χ3v) is 4.10. The zero-order valence-corrected chi connectivity index (χ0v) is 15.4. The van der Waals surface area contributed by atoms with E-state index in [1.807, 2.05) is 35.5 Å². The average molecular weight is 369 g/mol. The summed E-state index contributed by atoms with van der Waals surface area (Å²) >= 11 is 0. The molecule has 0 radical (unpaired) electrons. The van der Waals surface area contributed by atoms with Crippen LogP contribution >= 0.6 is 0 Å². The highest BCUT2D eigenvalue weighted by Crippen LogP contribution is 2.21. The molecule has 1 aliphatic rings. The molecule has 6 nitrogen and oxygen atoms in total. The van der Waals surface area contributed by atoms with Crippen LogP contribution in [-0.4, -0.2) is 6.03 Å². The summed E-state index contributed by atoms with van der Waals surface area (Å²) in [6.07, 6.45) is 4.14. The molecule has 4 N–H and O–H groups in total. The zero-order chi connectivity index (χ0) is 19.2. The molecule has 0 spiro atoms. The number of benzene rings is 2. The lowest BCUT2D eigenvalue weighted by molar-refractivity contribution is 0.262. The van der Waals surface area contributed by atoms with Crippen molar-refractivity contribution >= 4 is 23.1 Å². The van der Waals surface area contributed by atoms with Crippen LogP contribution in [0.3, 0.4) is 0 Å². The molecule has 0 unspecified atom stereocenters. The molecule has 2 amide bonds. The molecule has 0 atom stereocenters. The largest absolute Gasteiger partial charge is 0.323 e. The van der Waals surface area contributed by atoms with E-state index in [1.54, 1.807) is 12.1 Å². The predicted octanol–water partition coefficient (Wildman–Crippen LogP) is 4.58. The van der Waals surface area contributed by atoms with Crippen molar-refractivity contribution in [3.05, 3.63) is 66.2 Å². The standard InChI is InChI=1S/C20H24FN5O/c1-14(2)6-7-18-13-26(25-24-18)19-10-8-16(9-11-19)22-20(27)23-17-5-3-4-15(21)12-17/h3-5,8-14,24-25H,6-7H2,1-2H3,(H2,22,23,27). The lowest BCUT2D eigenvalue weighted by Crippen LogP contribution is -2.36. The summed E-state index contributed by atoms with van der Waals surface area (Å²) in [5, 5.41) is 7.22. The maximum Gasteiger partial charge on any atom is 0.323 e. The molecule has 0 fully saturated rings. The first-order valence-corrected chi connectivity index (χ1v) is 8.95. The number of halogens is 1. The minimum absolute atomic E-state index is 0.398. The van der Waals surface area contributed by atoms with E-state index >= 15 is 0 Å². The smallest absolute Gasteiger partial charge is 0.308 e. The summed E-state index contributed by atoms with van der Waals surface area (Å²) in [6.45, 7) is 4.41. The van der Waals surface area contributed by atoms with Crippen LogP contribution in [0.5, 0.6) is 0 Å². The van der Waals surface area contributed by atoms with Crippen LogP contribution in [0.1, 0.15) is 26.7 Å². The Labute approximate surface area is 158 Å². The van der Waals surface area contributed by atoms with Gasteiger partial charge in [-0.1, -0.05) is 19.9 Å². The molecule has 1 heterocycles. The number of hydrogen-bond acceptors (Lipinski definition) is 4. The molecular weight excluding hydrogens is 345 g/mol. The summed E-state index contributed by atoms with van der Waals surface area (Å²) < 4.78 is 13.2. The summed E-state index contributed by atoms with van der Waals surface area (Å²) in [6, 6.07) is 12.7. The number of nitrogens with zero attached hydrogens (tertiary/aromatic N) is 1. The van der Waals surface area contributed by atoms with Gasteiger partial charge in [0.1, 0.15) is 5.82 Å². The van der Waals surface area contributed by atoms with Crippen molar-refractivity contribution in [2.75, 3.05) is 15.6 Å². The van der Waals surface area contributed by atoms with Gasteiger partial charge in [-0.05, 0) is 61.2 Å². The highest BCUT2D eigenvalue weighted by Gasteiger charge is 2.13. The fourth-order valence-electron chi connectivity index (χ4n) is 2.63. The van der Waals surface area contributed by atoms with Crippen molar-refractivity contribution in [3.63, 3.8) is 0 Å². The van der Waals surface area contributed by atoms with E-state index in [2.05, 4.69) is 35.4 Å². The first-order valence-electron chi connectivity index (χ1n) is 8.95. The number of nitrogens with one attached hydrogen (secondary N) is 4. The number of hydrazine groups is 2. The van der Waals surface area contributed by atoms with Gasteiger partial charge in [0.25, 0.3) is 0 Å². The molecule has 142 valence electrons. The van der Waals surface area contributed by atoms with E-state index in [1.165, 1.54) is 12.1 Å². The molecule has 2 aromatic carbocycles. The number of hydrogen-bond donors (Lipinski definition) is 4. The van der Waals surface area contributed by atoms with E-state index in [0.29, 0.717) is 17.3 Å². The van der Waals surface area contributed by atoms with Gasteiger partial charge in [0.2, 0.25) is 0 Å². The first-order chi connectivity index (χ1) is 13.0. The SMILES string of the molecule is CC(C)CCC1=CN(c2ccc(NC(=O)Nc3cccc(F)c3)cc2)NN1. The fraction of sp³-hybridized carbons (Fsp3) is 0.250. The Hall–Kier alpha value is -3.06. The van der Waals surface area contributed by atoms with E-state index in [0.717, 1.165) is 24.2 Å². The molecular formula is C20H24FN5O. The Balaban J connectivity index is 1.55. The van der Waals surface area contributed by atoms with Gasteiger partial charge < -0.3 is 16.1 Å². The second-order valence-corrected chi connectivity index (χ2v) is 6.83. The fourth-order valence-corrected chi connectivity index (χ4v) is 2.63. The predicted molar refractivity (Wildman–Crippen MR) is 106 cm³/mol. The van der Waals surface area contributed by atoms with Crippen LogP contribution in [0.15, 0.2) is 60.4 Å². The molecule has 3 rings (SSSR count). The Bertz CT molecular complexity index is 819. The average Bonchev–Trinajstić information content (AvgIpc) is 3.09. The van der Waals surface area contributed by atoms with Crippen LogP contribution in [0.2, 0.25) is 0 Å². The van der Waals surface area contributed by atoms with Crippen molar-refractivity contribution in [1.29, 1.82) is 0 Å². The molecule has 2 aromatic rings. The van der Waals surface area contributed by atoms with E-state index in [-0.39, 0.29) is 0 Å². The number of rotatable bonds is 6. The van der Waals surface area contributed by atoms with Crippen LogP contribution < -0.4 is 26.6 Å². The molecule has 1 aliphatic heterocycles. The van der Waals surface area contributed by atoms with Crippen LogP contribution in [0.25, 0.3) is 0 Å². The normalized spacial score (nSPS) is 13.3.